The van der Waals surface area contributed by atoms with Crippen LogP contribution in [0.1, 0.15) is 24.0 Å². The molecule has 0 unspecified atom stereocenters. The Balaban J connectivity index is 1.65. The quantitative estimate of drug-likeness (QED) is 0.833. The lowest BCUT2D eigenvalue weighted by Crippen LogP contribution is -2.54. The number of aryl methyl sites for hydroxylation is 2. The van der Waals surface area contributed by atoms with Crippen molar-refractivity contribution in [2.75, 3.05) is 26.2 Å². The van der Waals surface area contributed by atoms with E-state index in [1.165, 1.54) is 9.21 Å². The number of hydrogen-bond donors (Lipinski definition) is 0. The largest absolute Gasteiger partial charge is 0.336 e. The Morgan fingerprint density at radius 3 is 2.29 bits per heavy atom. The summed E-state index contributed by atoms with van der Waals surface area (Å²) in [5.41, 5.74) is 2.00. The number of benzene rings is 1. The number of carbonyl (C=O) groups excluding carboxylic acids is 1. The van der Waals surface area contributed by atoms with Crippen molar-refractivity contribution in [1.29, 1.82) is 0 Å². The van der Waals surface area contributed by atoms with Gasteiger partial charge in [0.1, 0.15) is 6.17 Å². The maximum Gasteiger partial charge on any atom is 0.243 e. The molecule has 2 fully saturated rings. The van der Waals surface area contributed by atoms with E-state index in [0.717, 1.165) is 11.1 Å². The van der Waals surface area contributed by atoms with Crippen LogP contribution in [-0.2, 0) is 14.8 Å². The maximum atomic E-state index is 12.9. The average molecular weight is 354 g/mol. The molecule has 0 spiro atoms. The highest BCUT2D eigenvalue weighted by molar-refractivity contribution is 7.89. The minimum Gasteiger partial charge on any atom is -0.336 e. The Morgan fingerprint density at radius 1 is 1.12 bits per heavy atom. The van der Waals surface area contributed by atoms with Crippen LogP contribution in [0.25, 0.3) is 0 Å². The van der Waals surface area contributed by atoms with Crippen LogP contribution in [0.5, 0.6) is 0 Å². The van der Waals surface area contributed by atoms with E-state index in [1.54, 1.807) is 12.1 Å². The molecule has 2 aliphatic rings. The van der Waals surface area contributed by atoms with E-state index >= 15 is 0 Å². The van der Waals surface area contributed by atoms with Gasteiger partial charge in [-0.15, -0.1) is 0 Å². The van der Waals surface area contributed by atoms with Crippen LogP contribution in [-0.4, -0.2) is 55.9 Å². The summed E-state index contributed by atoms with van der Waals surface area (Å²) in [5, 5.41) is 0. The second-order valence-electron chi connectivity index (χ2n) is 6.76. The van der Waals surface area contributed by atoms with Crippen molar-refractivity contribution in [2.45, 2.75) is 37.8 Å². The zero-order valence-electron chi connectivity index (χ0n) is 14.0. The van der Waals surface area contributed by atoms with E-state index in [0.29, 0.717) is 30.8 Å². The molecule has 5 nitrogen and oxygen atoms in total. The lowest BCUT2D eigenvalue weighted by Gasteiger charge is -2.39. The number of piperidine rings is 1. The fourth-order valence-corrected chi connectivity index (χ4v) is 4.78. The zero-order valence-corrected chi connectivity index (χ0v) is 14.9. The van der Waals surface area contributed by atoms with Crippen LogP contribution < -0.4 is 0 Å². The van der Waals surface area contributed by atoms with Gasteiger partial charge in [0.15, 0.2) is 0 Å². The molecule has 24 heavy (non-hydrogen) atoms. The van der Waals surface area contributed by atoms with Crippen LogP contribution in [0.2, 0.25) is 0 Å². The minimum atomic E-state index is -3.52. The zero-order chi connectivity index (χ0) is 17.5. The summed E-state index contributed by atoms with van der Waals surface area (Å²) in [7, 11) is -3.52. The molecular weight excluding hydrogens is 331 g/mol. The SMILES string of the molecule is Cc1ccc(S(=O)(=O)N2CCC(C(=O)N3CC(F)C3)CC2)cc1C. The average Bonchev–Trinajstić information content (AvgIpc) is 2.54. The molecule has 0 aliphatic carbocycles. The molecule has 132 valence electrons. The number of halogens is 1. The number of alkyl halides is 1. The van der Waals surface area contributed by atoms with Gasteiger partial charge in [-0.2, -0.15) is 4.31 Å². The molecule has 1 aromatic carbocycles. The van der Waals surface area contributed by atoms with E-state index in [2.05, 4.69) is 0 Å². The first kappa shape index (κ1) is 17.4. The molecule has 0 bridgehead atoms. The predicted octanol–water partition coefficient (Wildman–Crippen LogP) is 1.88. The van der Waals surface area contributed by atoms with Gasteiger partial charge >= 0.3 is 0 Å². The van der Waals surface area contributed by atoms with Gasteiger partial charge in [0.2, 0.25) is 15.9 Å². The van der Waals surface area contributed by atoms with Gasteiger partial charge in [0, 0.05) is 19.0 Å². The molecule has 7 heteroatoms. The van der Waals surface area contributed by atoms with E-state index in [1.807, 2.05) is 19.9 Å². The third-order valence-corrected chi connectivity index (χ3v) is 6.96. The Kier molecular flexibility index (Phi) is 4.66. The summed E-state index contributed by atoms with van der Waals surface area (Å²) in [6.07, 6.45) is 0.0893. The predicted molar refractivity (Wildman–Crippen MR) is 88.9 cm³/mol. The lowest BCUT2D eigenvalue weighted by atomic mass is 9.95. The van der Waals surface area contributed by atoms with Crippen molar-refractivity contribution in [3.63, 3.8) is 0 Å². The Bertz CT molecular complexity index is 736. The third kappa shape index (κ3) is 3.19. The first-order chi connectivity index (χ1) is 11.3. The summed E-state index contributed by atoms with van der Waals surface area (Å²) >= 11 is 0. The Hall–Kier alpha value is -1.47. The summed E-state index contributed by atoms with van der Waals surface area (Å²) in [6.45, 7) is 4.86. The van der Waals surface area contributed by atoms with Gasteiger partial charge in [0.05, 0.1) is 18.0 Å². The highest BCUT2D eigenvalue weighted by atomic mass is 32.2. The normalized spacial score (nSPS) is 20.9. The van der Waals surface area contributed by atoms with Crippen LogP contribution in [0.15, 0.2) is 23.1 Å². The topological polar surface area (TPSA) is 57.7 Å². The molecule has 0 aromatic heterocycles. The van der Waals surface area contributed by atoms with Gasteiger partial charge in [-0.1, -0.05) is 6.07 Å². The van der Waals surface area contributed by atoms with Gasteiger partial charge in [0.25, 0.3) is 0 Å². The summed E-state index contributed by atoms with van der Waals surface area (Å²) < 4.78 is 39.8. The molecule has 0 saturated carbocycles. The fraction of sp³-hybridized carbons (Fsp3) is 0.588. The van der Waals surface area contributed by atoms with Gasteiger partial charge in [-0.05, 0) is 49.9 Å². The molecule has 3 rings (SSSR count). The number of rotatable bonds is 3. The smallest absolute Gasteiger partial charge is 0.243 e. The van der Waals surface area contributed by atoms with Crippen molar-refractivity contribution in [3.05, 3.63) is 29.3 Å². The van der Waals surface area contributed by atoms with Crippen molar-refractivity contribution in [2.24, 2.45) is 5.92 Å². The lowest BCUT2D eigenvalue weighted by molar-refractivity contribution is -0.143. The number of likely N-dealkylation sites (tertiary alicyclic amines) is 1. The van der Waals surface area contributed by atoms with Crippen LogP contribution in [0.3, 0.4) is 0 Å². The first-order valence-corrected chi connectivity index (χ1v) is 9.73. The van der Waals surface area contributed by atoms with Crippen molar-refractivity contribution in [3.8, 4) is 0 Å². The number of carbonyl (C=O) groups is 1. The molecule has 2 heterocycles. The molecule has 2 aliphatic heterocycles. The highest BCUT2D eigenvalue weighted by Gasteiger charge is 2.37. The van der Waals surface area contributed by atoms with E-state index in [-0.39, 0.29) is 24.9 Å². The third-order valence-electron chi connectivity index (χ3n) is 5.07. The van der Waals surface area contributed by atoms with Crippen molar-refractivity contribution in [1.82, 2.24) is 9.21 Å². The van der Waals surface area contributed by atoms with Crippen LogP contribution in [0.4, 0.5) is 4.39 Å². The fourth-order valence-electron chi connectivity index (χ4n) is 3.23. The van der Waals surface area contributed by atoms with Gasteiger partial charge < -0.3 is 4.90 Å². The Morgan fingerprint density at radius 2 is 1.75 bits per heavy atom. The molecule has 0 radical (unpaired) electrons. The molecular formula is C17H23FN2O3S. The molecule has 1 amide bonds. The Labute approximate surface area is 142 Å². The van der Waals surface area contributed by atoms with E-state index < -0.39 is 16.2 Å². The molecule has 2 saturated heterocycles. The summed E-state index contributed by atoms with van der Waals surface area (Å²) in [4.78, 5) is 14.1. The first-order valence-electron chi connectivity index (χ1n) is 8.29. The summed E-state index contributed by atoms with van der Waals surface area (Å²) in [5.74, 6) is -0.226. The van der Waals surface area contributed by atoms with Crippen molar-refractivity contribution >= 4 is 15.9 Å². The van der Waals surface area contributed by atoms with E-state index in [9.17, 15) is 17.6 Å². The van der Waals surface area contributed by atoms with Gasteiger partial charge in [-0.3, -0.25) is 4.79 Å². The van der Waals surface area contributed by atoms with Crippen molar-refractivity contribution < 1.29 is 17.6 Å². The summed E-state index contributed by atoms with van der Waals surface area (Å²) in [6, 6.07) is 5.15. The monoisotopic (exact) mass is 354 g/mol. The molecule has 0 atom stereocenters. The molecule has 1 aromatic rings. The molecule has 0 N–H and O–H groups in total. The maximum absolute atomic E-state index is 12.9. The second kappa shape index (κ2) is 6.44. The number of amides is 1. The number of sulfonamides is 1. The van der Waals surface area contributed by atoms with Gasteiger partial charge in [-0.25, -0.2) is 12.8 Å². The highest BCUT2D eigenvalue weighted by Crippen LogP contribution is 2.27. The minimum absolute atomic E-state index is 0.0351. The van der Waals surface area contributed by atoms with Crippen LogP contribution in [0, 0.1) is 19.8 Å². The second-order valence-corrected chi connectivity index (χ2v) is 8.70. The van der Waals surface area contributed by atoms with Crippen LogP contribution >= 0.6 is 0 Å². The number of nitrogens with zero attached hydrogens (tertiary/aromatic N) is 2. The standard InChI is InChI=1S/C17H23FN2O3S/c1-12-3-4-16(9-13(12)2)24(22,23)20-7-5-14(6-8-20)17(21)19-10-15(18)11-19/h3-4,9,14-15H,5-8,10-11H2,1-2H3. The number of hydrogen-bond acceptors (Lipinski definition) is 3. The van der Waals surface area contributed by atoms with E-state index in [4.69, 9.17) is 0 Å².